The molecule has 1 aliphatic heterocycles. The Balaban J connectivity index is 1.16. The summed E-state index contributed by atoms with van der Waals surface area (Å²) in [4.78, 5) is 16.6. The van der Waals surface area contributed by atoms with Gasteiger partial charge in [0.1, 0.15) is 11.1 Å². The first kappa shape index (κ1) is 21.7. The Labute approximate surface area is 183 Å². The molecule has 32 heavy (non-hydrogen) atoms. The molecule has 2 aromatic rings. The van der Waals surface area contributed by atoms with E-state index >= 15 is 0 Å². The maximum Gasteiger partial charge on any atom is 0.411 e. The van der Waals surface area contributed by atoms with Crippen molar-refractivity contribution >= 4 is 27.0 Å². The molecule has 2 aromatic heterocycles. The van der Waals surface area contributed by atoms with Crippen LogP contribution in [0.15, 0.2) is 29.0 Å². The van der Waals surface area contributed by atoms with Crippen molar-refractivity contribution in [2.24, 2.45) is 5.92 Å². The quantitative estimate of drug-likeness (QED) is 0.722. The van der Waals surface area contributed by atoms with E-state index in [-0.39, 0.29) is 31.6 Å². The van der Waals surface area contributed by atoms with Crippen LogP contribution in [-0.2, 0) is 14.8 Å². The second kappa shape index (κ2) is 7.44. The molecule has 0 bridgehead atoms. The highest BCUT2D eigenvalue weighted by atomic mass is 32.2. The third-order valence-corrected chi connectivity index (χ3v) is 9.46. The van der Waals surface area contributed by atoms with Gasteiger partial charge in [-0.15, -0.1) is 0 Å². The van der Waals surface area contributed by atoms with Crippen LogP contribution in [0.5, 0.6) is 0 Å². The van der Waals surface area contributed by atoms with Crippen LogP contribution < -0.4 is 5.32 Å². The van der Waals surface area contributed by atoms with Crippen LogP contribution in [-0.4, -0.2) is 53.7 Å². The van der Waals surface area contributed by atoms with Crippen LogP contribution in [0.2, 0.25) is 0 Å². The largest absolute Gasteiger partial charge is 0.462 e. The monoisotopic (exact) mass is 471 g/mol. The normalized spacial score (nSPS) is 26.6. The first-order chi connectivity index (χ1) is 15.1. The third kappa shape index (κ3) is 3.59. The molecule has 0 atom stereocenters. The molecule has 7 nitrogen and oxygen atoms in total. The van der Waals surface area contributed by atoms with Crippen LogP contribution >= 0.6 is 0 Å². The van der Waals surface area contributed by atoms with Crippen LogP contribution in [0, 0.1) is 5.92 Å². The minimum atomic E-state index is -4.47. The second-order valence-electron chi connectivity index (χ2n) is 9.12. The lowest BCUT2D eigenvalue weighted by molar-refractivity contribution is -0.172. The molecule has 1 amide bonds. The molecule has 174 valence electrons. The first-order valence-electron chi connectivity index (χ1n) is 10.8. The van der Waals surface area contributed by atoms with Gasteiger partial charge < -0.3 is 9.73 Å². The molecule has 0 unspecified atom stereocenters. The van der Waals surface area contributed by atoms with Gasteiger partial charge in [-0.1, -0.05) is 0 Å². The zero-order valence-corrected chi connectivity index (χ0v) is 18.1. The Morgan fingerprint density at radius 1 is 1.22 bits per heavy atom. The standard InChI is InChI=1S/C21H24F3N3O4S/c22-21(23,24)20(5-6-20)26-19(28)14-10-15(11-14)32(29,30)27-8-3-13(4-9-27)16-12-31-17-2-1-7-25-18(16)17/h1-2,7,12-15H,3-6,8-11H2,(H,26,28). The van der Waals surface area contributed by atoms with Gasteiger partial charge in [0.05, 0.1) is 11.5 Å². The highest BCUT2D eigenvalue weighted by molar-refractivity contribution is 7.89. The number of pyridine rings is 1. The van der Waals surface area contributed by atoms with Crippen LogP contribution in [0.25, 0.3) is 11.1 Å². The van der Waals surface area contributed by atoms with E-state index in [4.69, 9.17) is 4.42 Å². The van der Waals surface area contributed by atoms with Crippen LogP contribution in [0.4, 0.5) is 13.2 Å². The lowest BCUT2D eigenvalue weighted by Gasteiger charge is -2.40. The van der Waals surface area contributed by atoms with E-state index in [1.807, 2.05) is 6.07 Å². The van der Waals surface area contributed by atoms with E-state index in [2.05, 4.69) is 10.3 Å². The first-order valence-corrected chi connectivity index (χ1v) is 12.3. The maximum atomic E-state index is 13.0. The van der Waals surface area contributed by atoms with E-state index in [9.17, 15) is 26.4 Å². The Hall–Kier alpha value is -2.14. The Morgan fingerprint density at radius 2 is 1.91 bits per heavy atom. The lowest BCUT2D eigenvalue weighted by atomic mass is 9.84. The van der Waals surface area contributed by atoms with Gasteiger partial charge in [-0.2, -0.15) is 13.2 Å². The van der Waals surface area contributed by atoms with Crippen molar-refractivity contribution in [3.63, 3.8) is 0 Å². The molecule has 1 saturated heterocycles. The maximum absolute atomic E-state index is 13.0. The summed E-state index contributed by atoms with van der Waals surface area (Å²) in [5.41, 5.74) is 0.377. The molecule has 0 aromatic carbocycles. The molecule has 3 heterocycles. The summed E-state index contributed by atoms with van der Waals surface area (Å²) >= 11 is 0. The summed E-state index contributed by atoms with van der Waals surface area (Å²) in [6.07, 6.45) is 0.0817. The van der Waals surface area contributed by atoms with Crippen molar-refractivity contribution in [3.8, 4) is 0 Å². The minimum absolute atomic E-state index is 0.0678. The number of amides is 1. The number of alkyl halides is 3. The Morgan fingerprint density at radius 3 is 2.53 bits per heavy atom. The second-order valence-corrected chi connectivity index (χ2v) is 11.3. The Kier molecular flexibility index (Phi) is 5.05. The van der Waals surface area contributed by atoms with Gasteiger partial charge in [0.25, 0.3) is 0 Å². The number of fused-ring (bicyclic) bond motifs is 1. The SMILES string of the molecule is O=C(NC1(C(F)(F)F)CC1)C1CC(S(=O)(=O)N2CCC(c3coc4cccnc34)CC2)C1. The van der Waals surface area contributed by atoms with E-state index in [1.165, 1.54) is 4.31 Å². The molecule has 1 N–H and O–H groups in total. The minimum Gasteiger partial charge on any atom is -0.462 e. The Bertz CT molecular complexity index is 1130. The fraction of sp³-hybridized carbons (Fsp3) is 0.619. The molecule has 3 aliphatic rings. The summed E-state index contributed by atoms with van der Waals surface area (Å²) in [7, 11) is -3.59. The molecule has 0 spiro atoms. The summed E-state index contributed by atoms with van der Waals surface area (Å²) in [6, 6.07) is 3.64. The van der Waals surface area contributed by atoms with E-state index < -0.39 is 38.8 Å². The van der Waals surface area contributed by atoms with E-state index in [0.717, 1.165) is 11.1 Å². The highest BCUT2D eigenvalue weighted by Gasteiger charge is 2.65. The van der Waals surface area contributed by atoms with Crippen LogP contribution in [0.1, 0.15) is 50.0 Å². The number of carbonyl (C=O) groups is 1. The number of piperidine rings is 1. The van der Waals surface area contributed by atoms with Gasteiger partial charge in [0.15, 0.2) is 5.58 Å². The number of nitrogens with zero attached hydrogens (tertiary/aromatic N) is 2. The summed E-state index contributed by atoms with van der Waals surface area (Å²) in [5.74, 6) is -1.23. The van der Waals surface area contributed by atoms with E-state index in [0.29, 0.717) is 31.5 Å². The third-order valence-electron chi connectivity index (χ3n) is 7.15. The lowest BCUT2D eigenvalue weighted by Crippen LogP contribution is -2.55. The van der Waals surface area contributed by atoms with Gasteiger partial charge in [-0.25, -0.2) is 12.7 Å². The number of sulfonamides is 1. The summed E-state index contributed by atoms with van der Waals surface area (Å²) in [5, 5.41) is 1.39. The number of hydrogen-bond donors (Lipinski definition) is 1. The topological polar surface area (TPSA) is 92.5 Å². The molecule has 11 heteroatoms. The molecule has 2 aliphatic carbocycles. The summed E-state index contributed by atoms with van der Waals surface area (Å²) < 4.78 is 72.1. The molecule has 0 radical (unpaired) electrons. The van der Waals surface area contributed by atoms with Crippen molar-refractivity contribution in [3.05, 3.63) is 30.2 Å². The number of hydrogen-bond acceptors (Lipinski definition) is 5. The van der Waals surface area contributed by atoms with Crippen molar-refractivity contribution < 1.29 is 30.8 Å². The number of halogens is 3. The van der Waals surface area contributed by atoms with Crippen molar-refractivity contribution in [2.45, 2.75) is 61.4 Å². The fourth-order valence-corrected chi connectivity index (χ4v) is 6.86. The number of carbonyl (C=O) groups excluding carboxylic acids is 1. The fourth-order valence-electron chi connectivity index (χ4n) is 4.77. The van der Waals surface area contributed by atoms with Gasteiger partial charge in [0.2, 0.25) is 15.9 Å². The van der Waals surface area contributed by atoms with Gasteiger partial charge >= 0.3 is 6.18 Å². The van der Waals surface area contributed by atoms with Crippen LogP contribution in [0.3, 0.4) is 0 Å². The molecule has 2 saturated carbocycles. The average molecular weight is 472 g/mol. The number of rotatable bonds is 5. The molecule has 3 fully saturated rings. The molecular formula is C21H24F3N3O4S. The van der Waals surface area contributed by atoms with Crippen molar-refractivity contribution in [1.82, 2.24) is 14.6 Å². The highest BCUT2D eigenvalue weighted by Crippen LogP contribution is 2.49. The predicted octanol–water partition coefficient (Wildman–Crippen LogP) is 3.33. The van der Waals surface area contributed by atoms with Gasteiger partial charge in [-0.05, 0) is 56.6 Å². The average Bonchev–Trinajstić information content (AvgIpc) is 3.37. The number of furan rings is 1. The smallest absolute Gasteiger partial charge is 0.411 e. The number of aromatic nitrogens is 1. The number of nitrogens with one attached hydrogen (secondary N) is 1. The van der Waals surface area contributed by atoms with Gasteiger partial charge in [-0.3, -0.25) is 9.78 Å². The van der Waals surface area contributed by atoms with E-state index in [1.54, 1.807) is 18.5 Å². The van der Waals surface area contributed by atoms with Crippen molar-refractivity contribution in [1.29, 1.82) is 0 Å². The van der Waals surface area contributed by atoms with Gasteiger partial charge in [0, 0.05) is 30.8 Å². The molecule has 5 rings (SSSR count). The van der Waals surface area contributed by atoms with Crippen molar-refractivity contribution in [2.75, 3.05) is 13.1 Å². The molecular weight excluding hydrogens is 447 g/mol. The summed E-state index contributed by atoms with van der Waals surface area (Å²) in [6.45, 7) is 0.716. The zero-order chi connectivity index (χ0) is 22.7. The predicted molar refractivity (Wildman–Crippen MR) is 109 cm³/mol. The zero-order valence-electron chi connectivity index (χ0n) is 17.3.